The minimum absolute atomic E-state index is 0.0938. The molecule has 1 aliphatic heterocycles. The maximum atomic E-state index is 13.0. The molecule has 29 heavy (non-hydrogen) atoms. The number of benzene rings is 2. The second kappa shape index (κ2) is 8.77. The van der Waals surface area contributed by atoms with Crippen molar-refractivity contribution in [1.29, 1.82) is 0 Å². The van der Waals surface area contributed by atoms with E-state index in [2.05, 4.69) is 0 Å². The second-order valence-corrected chi connectivity index (χ2v) is 7.01. The maximum Gasteiger partial charge on any atom is 0.311 e. The number of nitrogens with two attached hydrogens (primary N) is 1. The van der Waals surface area contributed by atoms with Gasteiger partial charge in [-0.1, -0.05) is 35.9 Å². The molecule has 2 aromatic carbocycles. The van der Waals surface area contributed by atoms with Gasteiger partial charge < -0.3 is 20.1 Å². The van der Waals surface area contributed by atoms with Crippen LogP contribution in [0.25, 0.3) is 0 Å². The highest BCUT2D eigenvalue weighted by molar-refractivity contribution is 5.97. The summed E-state index contributed by atoms with van der Waals surface area (Å²) in [5.41, 5.74) is 7.56. The molecule has 2 amide bonds. The lowest BCUT2D eigenvalue weighted by atomic mass is 9.83. The first-order chi connectivity index (χ1) is 13.9. The van der Waals surface area contributed by atoms with Crippen LogP contribution in [0.2, 0.25) is 0 Å². The van der Waals surface area contributed by atoms with Crippen LogP contribution in [0.15, 0.2) is 48.5 Å². The summed E-state index contributed by atoms with van der Waals surface area (Å²) in [4.78, 5) is 38.5. The largest absolute Gasteiger partial charge is 0.496 e. The first kappa shape index (κ1) is 20.4. The number of rotatable bonds is 6. The number of ether oxygens (including phenoxy) is 2. The molecule has 1 fully saturated rings. The van der Waals surface area contributed by atoms with E-state index in [1.54, 1.807) is 18.1 Å². The molecule has 3 rings (SSSR count). The normalized spacial score (nSPS) is 19.0. The number of hydrogen-bond donors (Lipinski definition) is 1. The molecular weight excluding hydrogens is 372 g/mol. The number of primary amides is 1. The van der Waals surface area contributed by atoms with Gasteiger partial charge >= 0.3 is 5.97 Å². The van der Waals surface area contributed by atoms with E-state index in [0.29, 0.717) is 23.4 Å². The number of aryl methyl sites for hydroxylation is 1. The minimum Gasteiger partial charge on any atom is -0.496 e. The van der Waals surface area contributed by atoms with E-state index in [9.17, 15) is 14.4 Å². The third-order valence-corrected chi connectivity index (χ3v) is 5.03. The molecule has 1 aliphatic rings. The van der Waals surface area contributed by atoms with Gasteiger partial charge in [-0.05, 0) is 31.5 Å². The Hall–Kier alpha value is -3.35. The maximum absolute atomic E-state index is 13.0. The summed E-state index contributed by atoms with van der Waals surface area (Å²) in [6.07, 6.45) is 0.497. The summed E-state index contributed by atoms with van der Waals surface area (Å²) >= 11 is 0. The molecule has 152 valence electrons. The van der Waals surface area contributed by atoms with Gasteiger partial charge in [0.05, 0.1) is 19.1 Å². The quantitative estimate of drug-likeness (QED) is 0.757. The predicted molar refractivity (Wildman–Crippen MR) is 107 cm³/mol. The highest BCUT2D eigenvalue weighted by atomic mass is 16.5. The number of piperidine rings is 1. The Morgan fingerprint density at radius 3 is 2.48 bits per heavy atom. The van der Waals surface area contributed by atoms with Crippen molar-refractivity contribution < 1.29 is 23.9 Å². The van der Waals surface area contributed by atoms with Crippen LogP contribution >= 0.6 is 0 Å². The van der Waals surface area contributed by atoms with Crippen LogP contribution < -0.4 is 15.4 Å². The first-order valence-corrected chi connectivity index (χ1v) is 9.39. The highest BCUT2D eigenvalue weighted by Gasteiger charge is 2.43. The summed E-state index contributed by atoms with van der Waals surface area (Å²) in [6.45, 7) is 1.47. The van der Waals surface area contributed by atoms with E-state index >= 15 is 0 Å². The molecule has 2 aromatic rings. The number of esters is 1. The number of carbonyl (C=O) groups excluding carboxylic acids is 3. The molecule has 0 saturated carbocycles. The molecule has 0 bridgehead atoms. The molecule has 7 nitrogen and oxygen atoms in total. The minimum atomic E-state index is -0.727. The van der Waals surface area contributed by atoms with Crippen LogP contribution in [0.5, 0.6) is 5.75 Å². The summed E-state index contributed by atoms with van der Waals surface area (Å²) < 4.78 is 10.6. The Labute approximate surface area is 169 Å². The molecule has 2 N–H and O–H groups in total. The van der Waals surface area contributed by atoms with Gasteiger partial charge in [-0.15, -0.1) is 0 Å². The van der Waals surface area contributed by atoms with Crippen molar-refractivity contribution in [2.24, 2.45) is 11.7 Å². The fraction of sp³-hybridized carbons (Fsp3) is 0.318. The van der Waals surface area contributed by atoms with E-state index in [-0.39, 0.29) is 12.3 Å². The molecule has 0 radical (unpaired) electrons. The van der Waals surface area contributed by atoms with Crippen LogP contribution in [-0.4, -0.2) is 31.5 Å². The molecule has 7 heteroatoms. The van der Waals surface area contributed by atoms with Crippen molar-refractivity contribution in [1.82, 2.24) is 0 Å². The van der Waals surface area contributed by atoms with Crippen LogP contribution in [0.1, 0.15) is 30.0 Å². The van der Waals surface area contributed by atoms with Gasteiger partial charge in [-0.2, -0.15) is 0 Å². The van der Waals surface area contributed by atoms with Crippen molar-refractivity contribution >= 4 is 23.5 Å². The van der Waals surface area contributed by atoms with Gasteiger partial charge in [0, 0.05) is 17.7 Å². The zero-order chi connectivity index (χ0) is 21.0. The van der Waals surface area contributed by atoms with Gasteiger partial charge in [0.15, 0.2) is 6.61 Å². The van der Waals surface area contributed by atoms with Crippen molar-refractivity contribution in [2.75, 3.05) is 18.6 Å². The zero-order valence-corrected chi connectivity index (χ0v) is 16.5. The molecular formula is C22H24N2O5. The van der Waals surface area contributed by atoms with E-state index in [1.165, 1.54) is 0 Å². The Morgan fingerprint density at radius 1 is 1.14 bits per heavy atom. The number of methoxy groups -OCH3 is 1. The fourth-order valence-electron chi connectivity index (χ4n) is 3.66. The summed E-state index contributed by atoms with van der Waals surface area (Å²) in [5, 5.41) is 0. The van der Waals surface area contributed by atoms with E-state index in [1.807, 2.05) is 49.4 Å². The molecule has 2 atom stereocenters. The third kappa shape index (κ3) is 4.39. The van der Waals surface area contributed by atoms with E-state index in [0.717, 1.165) is 5.56 Å². The van der Waals surface area contributed by atoms with Crippen molar-refractivity contribution in [2.45, 2.75) is 25.8 Å². The number of hydrogen-bond acceptors (Lipinski definition) is 5. The van der Waals surface area contributed by atoms with E-state index < -0.39 is 30.4 Å². The van der Waals surface area contributed by atoms with Gasteiger partial charge in [0.1, 0.15) is 5.75 Å². The number of anilines is 1. The third-order valence-electron chi connectivity index (χ3n) is 5.03. The smallest absolute Gasteiger partial charge is 0.311 e. The topological polar surface area (TPSA) is 98.9 Å². The van der Waals surface area contributed by atoms with Crippen molar-refractivity contribution in [3.05, 3.63) is 59.7 Å². The monoisotopic (exact) mass is 396 g/mol. The molecule has 0 spiro atoms. The lowest BCUT2D eigenvalue weighted by Gasteiger charge is -2.40. The average Bonchev–Trinajstić information content (AvgIpc) is 2.72. The fourth-order valence-corrected chi connectivity index (χ4v) is 3.66. The predicted octanol–water partition coefficient (Wildman–Crippen LogP) is 2.52. The standard InChI is InChI=1S/C22H24N2O5/c1-14-7-9-15(10-8-14)24-20(26)12-11-17(22(27)29-13-19(23)25)21(24)16-5-3-4-6-18(16)28-2/h3-10,17,21H,11-13H2,1-2H3,(H2,23,25)/t17-,21+/m0/s1. The molecule has 0 aliphatic carbocycles. The van der Waals surface area contributed by atoms with Crippen LogP contribution in [0, 0.1) is 12.8 Å². The average molecular weight is 396 g/mol. The van der Waals surface area contributed by atoms with Gasteiger partial charge in [-0.3, -0.25) is 14.4 Å². The lowest BCUT2D eigenvalue weighted by Crippen LogP contribution is -2.46. The number of para-hydroxylation sites is 1. The first-order valence-electron chi connectivity index (χ1n) is 9.39. The van der Waals surface area contributed by atoms with Crippen molar-refractivity contribution in [3.8, 4) is 5.75 Å². The summed E-state index contributed by atoms with van der Waals surface area (Å²) in [5.74, 6) is -1.48. The number of carbonyl (C=O) groups is 3. The molecule has 0 aromatic heterocycles. The zero-order valence-electron chi connectivity index (χ0n) is 16.5. The Bertz CT molecular complexity index is 910. The lowest BCUT2D eigenvalue weighted by molar-refractivity contribution is -0.154. The Balaban J connectivity index is 2.08. The van der Waals surface area contributed by atoms with Crippen LogP contribution in [0.3, 0.4) is 0 Å². The van der Waals surface area contributed by atoms with E-state index in [4.69, 9.17) is 15.2 Å². The summed E-state index contributed by atoms with van der Waals surface area (Å²) in [7, 11) is 1.54. The highest BCUT2D eigenvalue weighted by Crippen LogP contribution is 2.43. The van der Waals surface area contributed by atoms with Gasteiger partial charge in [-0.25, -0.2) is 0 Å². The van der Waals surface area contributed by atoms with Gasteiger partial charge in [0.2, 0.25) is 5.91 Å². The number of nitrogens with zero attached hydrogens (tertiary/aromatic N) is 1. The van der Waals surface area contributed by atoms with Crippen LogP contribution in [-0.2, 0) is 19.1 Å². The molecule has 1 saturated heterocycles. The summed E-state index contributed by atoms with van der Waals surface area (Å²) in [6, 6.07) is 14.2. The Kier molecular flexibility index (Phi) is 6.16. The molecule has 0 unspecified atom stereocenters. The van der Waals surface area contributed by atoms with Crippen molar-refractivity contribution in [3.63, 3.8) is 0 Å². The van der Waals surface area contributed by atoms with Crippen LogP contribution in [0.4, 0.5) is 5.69 Å². The SMILES string of the molecule is COc1ccccc1[C@@H]1[C@@H](C(=O)OCC(N)=O)CCC(=O)N1c1ccc(C)cc1. The number of amides is 2. The second-order valence-electron chi connectivity index (χ2n) is 7.01. The Morgan fingerprint density at radius 2 is 1.83 bits per heavy atom. The molecule has 1 heterocycles. The van der Waals surface area contributed by atoms with Gasteiger partial charge in [0.25, 0.3) is 5.91 Å².